The Balaban J connectivity index is 2.20. The number of nitrogens with two attached hydrogens (primary N) is 1. The van der Waals surface area contributed by atoms with E-state index in [2.05, 4.69) is 17.1 Å². The minimum atomic E-state index is -0.0149. The standard InChI is InChI=1S/C21H18N6O2/c1-28-16-4-2-14(3-5-16)10-15(11-22)19-17(12-23)20(25)26-21(18(19)13-24)27-6-8-29-9-7-27/h2-5,10H,6-9H2,1H3,(H2,25,26)/b15-10+. The van der Waals surface area contributed by atoms with Gasteiger partial charge in [0.15, 0.2) is 0 Å². The molecule has 1 aliphatic rings. The molecular weight excluding hydrogens is 368 g/mol. The van der Waals surface area contributed by atoms with Gasteiger partial charge in [-0.15, -0.1) is 0 Å². The summed E-state index contributed by atoms with van der Waals surface area (Å²) in [5, 5.41) is 29.3. The Morgan fingerprint density at radius 2 is 1.79 bits per heavy atom. The van der Waals surface area contributed by atoms with Crippen molar-refractivity contribution in [3.8, 4) is 24.0 Å². The second-order valence-corrected chi connectivity index (χ2v) is 6.21. The molecule has 3 rings (SSSR count). The number of morpholine rings is 1. The monoisotopic (exact) mass is 386 g/mol. The molecule has 1 aliphatic heterocycles. The summed E-state index contributed by atoms with van der Waals surface area (Å²) in [4.78, 5) is 6.18. The van der Waals surface area contributed by atoms with Crippen LogP contribution in [0.3, 0.4) is 0 Å². The normalized spacial score (nSPS) is 13.9. The molecule has 8 heteroatoms. The highest BCUT2D eigenvalue weighted by atomic mass is 16.5. The maximum absolute atomic E-state index is 9.87. The van der Waals surface area contributed by atoms with E-state index in [9.17, 15) is 15.8 Å². The average Bonchev–Trinajstić information content (AvgIpc) is 2.77. The van der Waals surface area contributed by atoms with Crippen molar-refractivity contribution in [3.63, 3.8) is 0 Å². The lowest BCUT2D eigenvalue weighted by Gasteiger charge is -2.29. The van der Waals surface area contributed by atoms with Crippen molar-refractivity contribution in [2.75, 3.05) is 44.0 Å². The van der Waals surface area contributed by atoms with E-state index in [0.717, 1.165) is 5.56 Å². The Labute approximate surface area is 168 Å². The van der Waals surface area contributed by atoms with Crippen LogP contribution < -0.4 is 15.4 Å². The van der Waals surface area contributed by atoms with Crippen LogP contribution in [-0.2, 0) is 4.74 Å². The molecule has 2 aromatic rings. The highest BCUT2D eigenvalue weighted by Crippen LogP contribution is 2.33. The Bertz CT molecular complexity index is 1060. The number of nitrogens with zero attached hydrogens (tertiary/aromatic N) is 5. The molecule has 0 saturated carbocycles. The van der Waals surface area contributed by atoms with Crippen molar-refractivity contribution in [1.82, 2.24) is 4.98 Å². The predicted octanol–water partition coefficient (Wildman–Crippen LogP) is 2.32. The van der Waals surface area contributed by atoms with Crippen LogP contribution in [0.25, 0.3) is 11.6 Å². The van der Waals surface area contributed by atoms with Crippen molar-refractivity contribution in [1.29, 1.82) is 15.8 Å². The predicted molar refractivity (Wildman–Crippen MR) is 108 cm³/mol. The van der Waals surface area contributed by atoms with E-state index in [-0.39, 0.29) is 28.1 Å². The molecule has 29 heavy (non-hydrogen) atoms. The van der Waals surface area contributed by atoms with Gasteiger partial charge in [0, 0.05) is 18.7 Å². The first-order valence-electron chi connectivity index (χ1n) is 8.85. The summed E-state index contributed by atoms with van der Waals surface area (Å²) >= 11 is 0. The molecule has 2 N–H and O–H groups in total. The summed E-state index contributed by atoms with van der Waals surface area (Å²) in [6.45, 7) is 2.07. The lowest BCUT2D eigenvalue weighted by molar-refractivity contribution is 0.122. The maximum Gasteiger partial charge on any atom is 0.149 e. The fourth-order valence-corrected chi connectivity index (χ4v) is 3.11. The fourth-order valence-electron chi connectivity index (χ4n) is 3.11. The summed E-state index contributed by atoms with van der Waals surface area (Å²) in [7, 11) is 1.57. The van der Waals surface area contributed by atoms with Crippen LogP contribution in [0.2, 0.25) is 0 Å². The van der Waals surface area contributed by atoms with Gasteiger partial charge in [0.1, 0.15) is 40.7 Å². The van der Waals surface area contributed by atoms with E-state index in [1.165, 1.54) is 0 Å². The molecule has 0 spiro atoms. The van der Waals surface area contributed by atoms with Crippen LogP contribution >= 0.6 is 0 Å². The number of benzene rings is 1. The van der Waals surface area contributed by atoms with Gasteiger partial charge in [0.25, 0.3) is 0 Å². The summed E-state index contributed by atoms with van der Waals surface area (Å²) in [5.74, 6) is 1.02. The molecule has 0 radical (unpaired) electrons. The van der Waals surface area contributed by atoms with Gasteiger partial charge in [-0.2, -0.15) is 15.8 Å². The van der Waals surface area contributed by atoms with Crippen LogP contribution in [0.1, 0.15) is 22.3 Å². The number of aromatic nitrogens is 1. The van der Waals surface area contributed by atoms with Crippen molar-refractivity contribution >= 4 is 23.3 Å². The van der Waals surface area contributed by atoms with Gasteiger partial charge in [0.2, 0.25) is 0 Å². The number of anilines is 2. The Kier molecular flexibility index (Phi) is 5.94. The van der Waals surface area contributed by atoms with E-state index in [1.807, 2.05) is 11.0 Å². The molecule has 144 valence electrons. The minimum Gasteiger partial charge on any atom is -0.497 e. The van der Waals surface area contributed by atoms with Gasteiger partial charge >= 0.3 is 0 Å². The molecule has 0 bridgehead atoms. The van der Waals surface area contributed by atoms with Crippen LogP contribution in [0.5, 0.6) is 5.75 Å². The van der Waals surface area contributed by atoms with Crippen molar-refractivity contribution in [2.24, 2.45) is 0 Å². The van der Waals surface area contributed by atoms with Crippen molar-refractivity contribution < 1.29 is 9.47 Å². The zero-order valence-electron chi connectivity index (χ0n) is 15.8. The first-order valence-corrected chi connectivity index (χ1v) is 8.85. The number of hydrogen-bond acceptors (Lipinski definition) is 8. The minimum absolute atomic E-state index is 0.0138. The quantitative estimate of drug-likeness (QED) is 0.792. The number of methoxy groups -OCH3 is 1. The summed E-state index contributed by atoms with van der Waals surface area (Å²) in [6.07, 6.45) is 1.61. The number of allylic oxidation sites excluding steroid dienone is 1. The molecule has 1 aromatic carbocycles. The summed E-state index contributed by atoms with van der Waals surface area (Å²) in [5.41, 5.74) is 7.27. The summed E-state index contributed by atoms with van der Waals surface area (Å²) in [6, 6.07) is 13.3. The highest BCUT2D eigenvalue weighted by molar-refractivity contribution is 5.96. The summed E-state index contributed by atoms with van der Waals surface area (Å²) < 4.78 is 10.5. The van der Waals surface area contributed by atoms with Gasteiger partial charge < -0.3 is 20.1 Å². The second-order valence-electron chi connectivity index (χ2n) is 6.21. The van der Waals surface area contributed by atoms with E-state index >= 15 is 0 Å². The highest BCUT2D eigenvalue weighted by Gasteiger charge is 2.25. The Morgan fingerprint density at radius 1 is 1.14 bits per heavy atom. The van der Waals surface area contributed by atoms with Crippen molar-refractivity contribution in [3.05, 3.63) is 46.5 Å². The lowest BCUT2D eigenvalue weighted by atomic mass is 9.94. The topological polar surface area (TPSA) is 132 Å². The van der Waals surface area contributed by atoms with E-state index in [1.54, 1.807) is 37.5 Å². The van der Waals surface area contributed by atoms with Gasteiger partial charge in [-0.3, -0.25) is 0 Å². The first-order chi connectivity index (χ1) is 14.1. The molecule has 0 aliphatic carbocycles. The van der Waals surface area contributed by atoms with E-state index in [4.69, 9.17) is 15.2 Å². The second kappa shape index (κ2) is 8.75. The fraction of sp³-hybridized carbons (Fsp3) is 0.238. The molecule has 1 aromatic heterocycles. The van der Waals surface area contributed by atoms with Gasteiger partial charge in [0.05, 0.1) is 32.0 Å². The molecule has 1 saturated heterocycles. The van der Waals surface area contributed by atoms with Gasteiger partial charge in [-0.1, -0.05) is 12.1 Å². The molecule has 0 atom stereocenters. The Morgan fingerprint density at radius 3 is 2.34 bits per heavy atom. The zero-order valence-corrected chi connectivity index (χ0v) is 15.8. The van der Waals surface area contributed by atoms with Crippen LogP contribution in [0, 0.1) is 34.0 Å². The Hall–Kier alpha value is -4.06. The SMILES string of the molecule is COc1ccc(/C=C(\C#N)c2c(C#N)c(N)nc(N3CCOCC3)c2C#N)cc1. The average molecular weight is 386 g/mol. The lowest BCUT2D eigenvalue weighted by Crippen LogP contribution is -2.37. The first kappa shape index (κ1) is 19.7. The molecule has 1 fully saturated rings. The molecule has 0 unspecified atom stereocenters. The molecule has 0 amide bonds. The third-order valence-electron chi connectivity index (χ3n) is 4.56. The number of rotatable bonds is 4. The number of nitriles is 3. The van der Waals surface area contributed by atoms with Crippen LogP contribution in [-0.4, -0.2) is 38.4 Å². The largest absolute Gasteiger partial charge is 0.497 e. The zero-order chi connectivity index (χ0) is 20.8. The van der Waals surface area contributed by atoms with Gasteiger partial charge in [-0.25, -0.2) is 4.98 Å². The van der Waals surface area contributed by atoms with E-state index < -0.39 is 0 Å². The molecule has 8 nitrogen and oxygen atoms in total. The number of pyridine rings is 1. The van der Waals surface area contributed by atoms with Crippen molar-refractivity contribution in [2.45, 2.75) is 0 Å². The van der Waals surface area contributed by atoms with Gasteiger partial charge in [-0.05, 0) is 23.8 Å². The number of ether oxygens (including phenoxy) is 2. The third kappa shape index (κ3) is 3.96. The molecule has 2 heterocycles. The smallest absolute Gasteiger partial charge is 0.149 e. The molecular formula is C21H18N6O2. The third-order valence-corrected chi connectivity index (χ3v) is 4.56. The maximum atomic E-state index is 9.87. The van der Waals surface area contributed by atoms with Crippen LogP contribution in [0.15, 0.2) is 24.3 Å². The van der Waals surface area contributed by atoms with E-state index in [0.29, 0.717) is 37.9 Å². The van der Waals surface area contributed by atoms with Crippen LogP contribution in [0.4, 0.5) is 11.6 Å². The number of nitrogen functional groups attached to an aromatic ring is 1. The number of hydrogen-bond donors (Lipinski definition) is 1.